The number of hydrogen-bond acceptors (Lipinski definition) is 1. The summed E-state index contributed by atoms with van der Waals surface area (Å²) in [5, 5.41) is 0.933. The lowest BCUT2D eigenvalue weighted by molar-refractivity contribution is -0.689. The van der Waals surface area contributed by atoms with Crippen molar-refractivity contribution in [3.63, 3.8) is 0 Å². The van der Waals surface area contributed by atoms with Gasteiger partial charge in [0.05, 0.1) is 18.0 Å². The molecule has 1 aromatic heterocycles. The minimum absolute atomic E-state index is 0.00780. The first-order chi connectivity index (χ1) is 12.1. The molecule has 0 fully saturated rings. The lowest BCUT2D eigenvalue weighted by Crippen LogP contribution is -2.40. The van der Waals surface area contributed by atoms with E-state index < -0.39 is 0 Å². The minimum Gasteiger partial charge on any atom is -0.290 e. The molecule has 0 spiro atoms. The fourth-order valence-corrected chi connectivity index (χ4v) is 3.95. The molecular formula is C20H17Cl2N2O+. The van der Waals surface area contributed by atoms with Crippen LogP contribution < -0.4 is 4.57 Å². The van der Waals surface area contributed by atoms with Crippen molar-refractivity contribution in [1.82, 2.24) is 4.57 Å². The molecule has 0 amide bonds. The van der Waals surface area contributed by atoms with E-state index in [2.05, 4.69) is 27.5 Å². The van der Waals surface area contributed by atoms with Crippen molar-refractivity contribution in [1.29, 1.82) is 0 Å². The quantitative estimate of drug-likeness (QED) is 0.486. The zero-order valence-corrected chi connectivity index (χ0v) is 15.1. The van der Waals surface area contributed by atoms with E-state index in [1.165, 1.54) is 11.4 Å². The molecule has 0 unspecified atom stereocenters. The van der Waals surface area contributed by atoms with Gasteiger partial charge in [-0.3, -0.25) is 4.79 Å². The Morgan fingerprint density at radius 1 is 1.12 bits per heavy atom. The smallest absolute Gasteiger partial charge is 0.257 e. The molecule has 3 aromatic rings. The van der Waals surface area contributed by atoms with Crippen LogP contribution in [-0.4, -0.2) is 10.4 Å². The maximum atomic E-state index is 12.7. The number of fused-ring (bicyclic) bond motifs is 1. The van der Waals surface area contributed by atoms with Gasteiger partial charge in [0, 0.05) is 16.1 Å². The van der Waals surface area contributed by atoms with Crippen LogP contribution in [0, 0.1) is 0 Å². The van der Waals surface area contributed by atoms with E-state index in [-0.39, 0.29) is 12.3 Å². The van der Waals surface area contributed by atoms with E-state index in [4.69, 9.17) is 23.2 Å². The number of aromatic nitrogens is 2. The van der Waals surface area contributed by atoms with Crippen LogP contribution in [0.2, 0.25) is 10.0 Å². The Hall–Kier alpha value is -2.10. The second-order valence-electron chi connectivity index (χ2n) is 6.23. The molecule has 1 aliphatic heterocycles. The summed E-state index contributed by atoms with van der Waals surface area (Å²) >= 11 is 12.1. The highest BCUT2D eigenvalue weighted by molar-refractivity contribution is 6.36. The van der Waals surface area contributed by atoms with E-state index in [0.29, 0.717) is 15.6 Å². The maximum Gasteiger partial charge on any atom is 0.257 e. The van der Waals surface area contributed by atoms with Crippen molar-refractivity contribution in [2.75, 3.05) is 0 Å². The molecule has 4 rings (SSSR count). The third kappa shape index (κ3) is 3.10. The average Bonchev–Trinajstić information content (AvgIpc) is 3.19. The van der Waals surface area contributed by atoms with Gasteiger partial charge in [-0.1, -0.05) is 53.5 Å². The molecule has 25 heavy (non-hydrogen) atoms. The van der Waals surface area contributed by atoms with Gasteiger partial charge in [0.25, 0.3) is 5.82 Å². The molecule has 0 atom stereocenters. The summed E-state index contributed by atoms with van der Waals surface area (Å²) in [4.78, 5) is 12.7. The van der Waals surface area contributed by atoms with Crippen molar-refractivity contribution >= 4 is 29.0 Å². The van der Waals surface area contributed by atoms with Crippen molar-refractivity contribution in [2.24, 2.45) is 0 Å². The van der Waals surface area contributed by atoms with Crippen molar-refractivity contribution in [3.05, 3.63) is 76.2 Å². The molecule has 0 N–H and O–H groups in total. The number of ketones is 1. The highest BCUT2D eigenvalue weighted by atomic mass is 35.5. The highest BCUT2D eigenvalue weighted by Gasteiger charge is 2.30. The number of Topliss-reactive ketones (excluding diaryl/α,β-unsaturated/α-hetero) is 1. The van der Waals surface area contributed by atoms with Crippen LogP contribution in [0.5, 0.6) is 0 Å². The monoisotopic (exact) mass is 371 g/mol. The number of hydrogen-bond donors (Lipinski definition) is 0. The molecule has 126 valence electrons. The van der Waals surface area contributed by atoms with Crippen molar-refractivity contribution in [3.8, 4) is 11.3 Å². The van der Waals surface area contributed by atoms with Gasteiger partial charge in [0.15, 0.2) is 12.2 Å². The zero-order chi connectivity index (χ0) is 17.4. The number of carbonyl (C=O) groups excluding carboxylic acids is 1. The molecule has 2 heterocycles. The molecule has 3 nitrogen and oxygen atoms in total. The number of imidazole rings is 1. The summed E-state index contributed by atoms with van der Waals surface area (Å²) in [6, 6.07) is 15.3. The van der Waals surface area contributed by atoms with Crippen LogP contribution in [0.1, 0.15) is 22.6 Å². The summed E-state index contributed by atoms with van der Waals surface area (Å²) in [7, 11) is 0. The first kappa shape index (κ1) is 16.4. The van der Waals surface area contributed by atoms with Crippen molar-refractivity contribution in [2.45, 2.75) is 25.9 Å². The average molecular weight is 372 g/mol. The van der Waals surface area contributed by atoms with Crippen molar-refractivity contribution < 1.29 is 9.36 Å². The largest absolute Gasteiger partial charge is 0.290 e. The molecule has 2 aromatic carbocycles. The van der Waals surface area contributed by atoms with E-state index in [1.807, 2.05) is 18.2 Å². The minimum atomic E-state index is -0.00780. The van der Waals surface area contributed by atoms with Gasteiger partial charge in [-0.2, -0.15) is 0 Å². The van der Waals surface area contributed by atoms with Gasteiger partial charge in [-0.15, -0.1) is 0 Å². The Balaban J connectivity index is 1.69. The molecule has 1 aliphatic rings. The van der Waals surface area contributed by atoms with E-state index >= 15 is 0 Å². The summed E-state index contributed by atoms with van der Waals surface area (Å²) in [5.41, 5.74) is 2.84. The zero-order valence-electron chi connectivity index (χ0n) is 13.6. The Morgan fingerprint density at radius 2 is 1.92 bits per heavy atom. The predicted molar refractivity (Wildman–Crippen MR) is 99.2 cm³/mol. The lowest BCUT2D eigenvalue weighted by atomic mass is 10.1. The number of nitrogens with zero attached hydrogens (tertiary/aromatic N) is 2. The maximum absolute atomic E-state index is 12.7. The van der Waals surface area contributed by atoms with Gasteiger partial charge in [-0.25, -0.2) is 9.13 Å². The summed E-state index contributed by atoms with van der Waals surface area (Å²) in [5.74, 6) is 1.18. The van der Waals surface area contributed by atoms with Crippen LogP contribution in [0.3, 0.4) is 0 Å². The fraction of sp³-hybridized carbons (Fsp3) is 0.200. The van der Waals surface area contributed by atoms with E-state index in [0.717, 1.165) is 25.1 Å². The predicted octanol–water partition coefficient (Wildman–Crippen LogP) is 4.58. The van der Waals surface area contributed by atoms with Gasteiger partial charge >= 0.3 is 0 Å². The molecule has 0 saturated carbocycles. The van der Waals surface area contributed by atoms with Gasteiger partial charge in [-0.05, 0) is 24.6 Å². The second-order valence-corrected chi connectivity index (χ2v) is 7.07. The molecule has 0 aliphatic carbocycles. The van der Waals surface area contributed by atoms with E-state index in [1.54, 1.807) is 18.2 Å². The van der Waals surface area contributed by atoms with Crippen LogP contribution in [-0.2, 0) is 19.5 Å². The standard InChI is InChI=1S/C20H17Cl2N2O/c21-15-8-9-16(17(22)11-15)19(25)13-23-12-18(14-5-2-1-3-6-14)24-10-4-7-20(23)24/h1-3,5-6,8-9,11-12H,4,7,10,13H2/q+1. The Labute approximate surface area is 156 Å². The first-order valence-corrected chi connectivity index (χ1v) is 9.04. The van der Waals surface area contributed by atoms with Gasteiger partial charge < -0.3 is 0 Å². The third-order valence-corrected chi connectivity index (χ3v) is 5.16. The number of rotatable bonds is 4. The number of benzene rings is 2. The summed E-state index contributed by atoms with van der Waals surface area (Å²) < 4.78 is 4.37. The van der Waals surface area contributed by atoms with Crippen LogP contribution in [0.4, 0.5) is 0 Å². The highest BCUT2D eigenvalue weighted by Crippen LogP contribution is 2.25. The first-order valence-electron chi connectivity index (χ1n) is 8.29. The van der Waals surface area contributed by atoms with E-state index in [9.17, 15) is 4.79 Å². The second kappa shape index (κ2) is 6.66. The summed E-state index contributed by atoms with van der Waals surface area (Å²) in [6.07, 6.45) is 4.16. The van der Waals surface area contributed by atoms with Gasteiger partial charge in [0.1, 0.15) is 6.20 Å². The topological polar surface area (TPSA) is 25.9 Å². The third-order valence-electron chi connectivity index (χ3n) is 4.61. The normalized spacial score (nSPS) is 13.0. The van der Waals surface area contributed by atoms with Gasteiger partial charge in [0.2, 0.25) is 5.78 Å². The molecule has 0 radical (unpaired) electrons. The van der Waals surface area contributed by atoms with Crippen LogP contribution >= 0.6 is 23.2 Å². The summed E-state index contributed by atoms with van der Waals surface area (Å²) in [6.45, 7) is 1.27. The van der Waals surface area contributed by atoms with Crippen LogP contribution in [0.15, 0.2) is 54.7 Å². The van der Waals surface area contributed by atoms with Crippen LogP contribution in [0.25, 0.3) is 11.3 Å². The Bertz CT molecular complexity index is 948. The Morgan fingerprint density at radius 3 is 2.68 bits per heavy atom. The molecular weight excluding hydrogens is 355 g/mol. The molecule has 0 saturated heterocycles. The number of carbonyl (C=O) groups is 1. The SMILES string of the molecule is O=C(C[n+]1cc(-c2ccccc2)n2c1CCC2)c1ccc(Cl)cc1Cl. The number of halogens is 2. The Kier molecular flexibility index (Phi) is 4.36. The lowest BCUT2D eigenvalue weighted by Gasteiger charge is -2.03. The fourth-order valence-electron chi connectivity index (χ4n) is 3.44. The molecule has 0 bridgehead atoms. The molecule has 5 heteroatoms.